The van der Waals surface area contributed by atoms with E-state index < -0.39 is 35.3 Å². The van der Waals surface area contributed by atoms with Crippen molar-refractivity contribution in [2.75, 3.05) is 26.1 Å². The van der Waals surface area contributed by atoms with E-state index in [9.17, 15) is 27.6 Å². The summed E-state index contributed by atoms with van der Waals surface area (Å²) in [5.74, 6) is -0.858. The van der Waals surface area contributed by atoms with Crippen molar-refractivity contribution in [2.45, 2.75) is 13.1 Å². The molecule has 2 aromatic carbocycles. The van der Waals surface area contributed by atoms with Gasteiger partial charge in [-0.2, -0.15) is 13.2 Å². The zero-order valence-electron chi connectivity index (χ0n) is 17.8. The maximum atomic E-state index is 13.0. The SMILES string of the molecule is COc1ccc(/C=C2\SC(=O)N(CC(=O)Nc3cc(C(F)(F)F)ccc3OC)C2=O)cc1C. The van der Waals surface area contributed by atoms with Crippen LogP contribution in [0, 0.1) is 6.92 Å². The summed E-state index contributed by atoms with van der Waals surface area (Å²) < 4.78 is 49.2. The maximum Gasteiger partial charge on any atom is 0.416 e. The molecular formula is C22H19F3N2O5S. The molecule has 0 unspecified atom stereocenters. The molecule has 0 aliphatic carbocycles. The van der Waals surface area contributed by atoms with E-state index in [1.165, 1.54) is 20.3 Å². The second-order valence-electron chi connectivity index (χ2n) is 6.96. The first kappa shape index (κ1) is 24.2. The molecule has 1 aliphatic rings. The van der Waals surface area contributed by atoms with Gasteiger partial charge < -0.3 is 14.8 Å². The largest absolute Gasteiger partial charge is 0.496 e. The van der Waals surface area contributed by atoms with Crippen LogP contribution in [0.25, 0.3) is 6.08 Å². The van der Waals surface area contributed by atoms with Crippen molar-refractivity contribution in [2.24, 2.45) is 0 Å². The topological polar surface area (TPSA) is 84.9 Å². The minimum absolute atomic E-state index is 0.000241. The normalized spacial score (nSPS) is 15.2. The van der Waals surface area contributed by atoms with Crippen LogP contribution in [-0.2, 0) is 15.8 Å². The highest BCUT2D eigenvalue weighted by atomic mass is 32.2. The molecule has 1 heterocycles. The number of halogens is 3. The van der Waals surface area contributed by atoms with E-state index in [1.54, 1.807) is 18.2 Å². The van der Waals surface area contributed by atoms with Gasteiger partial charge in [0.2, 0.25) is 5.91 Å². The summed E-state index contributed by atoms with van der Waals surface area (Å²) in [6.45, 7) is 1.16. The lowest BCUT2D eigenvalue weighted by Gasteiger charge is -2.16. The van der Waals surface area contributed by atoms with Crippen LogP contribution in [0.4, 0.5) is 23.7 Å². The molecule has 0 radical (unpaired) electrons. The first-order chi connectivity index (χ1) is 15.5. The minimum atomic E-state index is -4.62. The predicted octanol–water partition coefficient (Wildman–Crippen LogP) is 4.71. The maximum absolute atomic E-state index is 13.0. The van der Waals surface area contributed by atoms with Gasteiger partial charge in [-0.05, 0) is 66.2 Å². The van der Waals surface area contributed by atoms with Crippen molar-refractivity contribution in [3.8, 4) is 11.5 Å². The lowest BCUT2D eigenvalue weighted by molar-refractivity contribution is -0.137. The fourth-order valence-corrected chi connectivity index (χ4v) is 3.93. The van der Waals surface area contributed by atoms with Crippen molar-refractivity contribution < 1.29 is 37.0 Å². The van der Waals surface area contributed by atoms with Gasteiger partial charge in [0.25, 0.3) is 11.1 Å². The van der Waals surface area contributed by atoms with Crippen molar-refractivity contribution >= 4 is 40.6 Å². The Labute approximate surface area is 191 Å². The molecule has 0 spiro atoms. The molecule has 3 amide bonds. The van der Waals surface area contributed by atoms with Gasteiger partial charge in [-0.15, -0.1) is 0 Å². The molecule has 174 valence electrons. The van der Waals surface area contributed by atoms with Crippen molar-refractivity contribution in [1.29, 1.82) is 0 Å². The quantitative estimate of drug-likeness (QED) is 0.603. The van der Waals surface area contributed by atoms with Crippen LogP contribution in [0.2, 0.25) is 0 Å². The van der Waals surface area contributed by atoms with E-state index in [1.807, 2.05) is 6.92 Å². The van der Waals surface area contributed by atoms with E-state index >= 15 is 0 Å². The molecule has 0 saturated carbocycles. The number of alkyl halides is 3. The number of thioether (sulfide) groups is 1. The second kappa shape index (κ2) is 9.57. The summed E-state index contributed by atoms with van der Waals surface area (Å²) in [6.07, 6.45) is -3.10. The Morgan fingerprint density at radius 2 is 1.76 bits per heavy atom. The van der Waals surface area contributed by atoms with Crippen LogP contribution >= 0.6 is 11.8 Å². The third kappa shape index (κ3) is 5.48. The summed E-state index contributed by atoms with van der Waals surface area (Å²) in [4.78, 5) is 38.2. The molecule has 1 N–H and O–H groups in total. The Balaban J connectivity index is 1.75. The molecule has 33 heavy (non-hydrogen) atoms. The average Bonchev–Trinajstić information content (AvgIpc) is 3.00. The molecule has 11 heteroatoms. The number of nitrogens with one attached hydrogen (secondary N) is 1. The van der Waals surface area contributed by atoms with Gasteiger partial charge in [-0.1, -0.05) is 6.07 Å². The summed E-state index contributed by atoms with van der Waals surface area (Å²) in [5.41, 5.74) is 0.285. The van der Waals surface area contributed by atoms with Crippen LogP contribution in [0.3, 0.4) is 0 Å². The van der Waals surface area contributed by atoms with Crippen LogP contribution < -0.4 is 14.8 Å². The third-order valence-corrected chi connectivity index (χ3v) is 5.60. The average molecular weight is 480 g/mol. The number of hydrogen-bond acceptors (Lipinski definition) is 6. The Kier molecular flexibility index (Phi) is 7.01. The van der Waals surface area contributed by atoms with Crippen LogP contribution in [0.1, 0.15) is 16.7 Å². The third-order valence-electron chi connectivity index (χ3n) is 4.69. The highest BCUT2D eigenvalue weighted by molar-refractivity contribution is 8.18. The summed E-state index contributed by atoms with van der Waals surface area (Å²) in [5, 5.41) is 1.61. The molecule has 0 bridgehead atoms. The second-order valence-corrected chi connectivity index (χ2v) is 7.95. The van der Waals surface area contributed by atoms with E-state index in [4.69, 9.17) is 9.47 Å². The van der Waals surface area contributed by atoms with Crippen molar-refractivity contribution in [3.63, 3.8) is 0 Å². The Morgan fingerprint density at radius 1 is 1.09 bits per heavy atom. The fourth-order valence-electron chi connectivity index (χ4n) is 3.09. The molecule has 2 aromatic rings. The number of ether oxygens (including phenoxy) is 2. The van der Waals surface area contributed by atoms with Crippen LogP contribution in [0.15, 0.2) is 41.3 Å². The van der Waals surface area contributed by atoms with Crippen LogP contribution in [0.5, 0.6) is 11.5 Å². The first-order valence-electron chi connectivity index (χ1n) is 9.48. The van der Waals surface area contributed by atoms with Gasteiger partial charge in [-0.25, -0.2) is 0 Å². The highest BCUT2D eigenvalue weighted by Crippen LogP contribution is 2.36. The minimum Gasteiger partial charge on any atom is -0.496 e. The van der Waals surface area contributed by atoms with Gasteiger partial charge >= 0.3 is 6.18 Å². The number of methoxy groups -OCH3 is 2. The van der Waals surface area contributed by atoms with Gasteiger partial charge in [0, 0.05) is 0 Å². The van der Waals surface area contributed by atoms with E-state index in [0.717, 1.165) is 28.7 Å². The Hall–Kier alpha value is -3.47. The molecule has 1 aliphatic heterocycles. The zero-order chi connectivity index (χ0) is 24.3. The zero-order valence-corrected chi connectivity index (χ0v) is 18.6. The number of imide groups is 1. The standard InChI is InChI=1S/C22H19F3N2O5S/c1-12-8-13(4-6-16(12)31-2)9-18-20(29)27(21(30)33-18)11-19(28)26-15-10-14(22(23,24)25)5-7-17(15)32-3/h4-10H,11H2,1-3H3,(H,26,28)/b18-9-. The number of nitrogens with zero attached hydrogens (tertiary/aromatic N) is 1. The molecule has 0 aromatic heterocycles. The number of hydrogen-bond donors (Lipinski definition) is 1. The van der Waals surface area contributed by atoms with E-state index in [0.29, 0.717) is 23.1 Å². The Morgan fingerprint density at radius 3 is 2.36 bits per heavy atom. The van der Waals surface area contributed by atoms with Gasteiger partial charge in [0.1, 0.15) is 18.0 Å². The van der Waals surface area contributed by atoms with Crippen molar-refractivity contribution in [1.82, 2.24) is 4.90 Å². The number of carbonyl (C=O) groups excluding carboxylic acids is 3. The lowest BCUT2D eigenvalue weighted by Crippen LogP contribution is -2.36. The molecule has 0 atom stereocenters. The van der Waals surface area contributed by atoms with Crippen molar-refractivity contribution in [3.05, 3.63) is 58.0 Å². The van der Waals surface area contributed by atoms with E-state index in [2.05, 4.69) is 5.32 Å². The lowest BCUT2D eigenvalue weighted by atomic mass is 10.1. The molecule has 7 nitrogen and oxygen atoms in total. The smallest absolute Gasteiger partial charge is 0.416 e. The monoisotopic (exact) mass is 480 g/mol. The molecule has 1 fully saturated rings. The fraction of sp³-hybridized carbons (Fsp3) is 0.227. The van der Waals surface area contributed by atoms with Gasteiger partial charge in [0.15, 0.2) is 0 Å². The molecular weight excluding hydrogens is 461 g/mol. The highest BCUT2D eigenvalue weighted by Gasteiger charge is 2.37. The summed E-state index contributed by atoms with van der Waals surface area (Å²) >= 11 is 0.668. The van der Waals surface area contributed by atoms with E-state index in [-0.39, 0.29) is 16.3 Å². The number of amides is 3. The summed E-state index contributed by atoms with van der Waals surface area (Å²) in [6, 6.07) is 7.82. The molecule has 3 rings (SSSR count). The van der Waals surface area contributed by atoms with Crippen LogP contribution in [-0.4, -0.2) is 42.7 Å². The number of rotatable bonds is 6. The summed E-state index contributed by atoms with van der Waals surface area (Å²) in [7, 11) is 2.77. The number of anilines is 1. The number of carbonyl (C=O) groups is 3. The number of aryl methyl sites for hydroxylation is 1. The predicted molar refractivity (Wildman–Crippen MR) is 117 cm³/mol. The van der Waals surface area contributed by atoms with Gasteiger partial charge in [-0.3, -0.25) is 19.3 Å². The number of benzene rings is 2. The first-order valence-corrected chi connectivity index (χ1v) is 10.3. The molecule has 1 saturated heterocycles. The Bertz CT molecular complexity index is 1150. The van der Waals surface area contributed by atoms with Gasteiger partial charge in [0.05, 0.1) is 30.4 Å².